The van der Waals surface area contributed by atoms with Gasteiger partial charge in [-0.2, -0.15) is 9.97 Å². The zero-order valence-corrected chi connectivity index (χ0v) is 43.4. The Hall–Kier alpha value is -8.24. The number of H-pyrrole nitrogens is 1. The molecule has 1 aliphatic rings. The van der Waals surface area contributed by atoms with Gasteiger partial charge < -0.3 is 51.2 Å². The number of likely N-dealkylation sites (N-methyl/N-ethyl adjacent to an activating group) is 1. The maximum absolute atomic E-state index is 14.9. The Labute approximate surface area is 435 Å². The Kier molecular flexibility index (Phi) is 15.9. The molecule has 5 amide bonds. The molecular weight excluding hydrogens is 984 g/mol. The molecule has 392 valence electrons. The second-order valence-electron chi connectivity index (χ2n) is 19.4. The van der Waals surface area contributed by atoms with Gasteiger partial charge in [-0.05, 0) is 66.3 Å². The van der Waals surface area contributed by atoms with E-state index in [4.69, 9.17) is 4.74 Å². The first-order chi connectivity index (χ1) is 35.8. The lowest BCUT2D eigenvalue weighted by Crippen LogP contribution is -2.57. The normalized spacial score (nSPS) is 14.9. The van der Waals surface area contributed by atoms with Gasteiger partial charge in [0.05, 0.1) is 57.1 Å². The highest BCUT2D eigenvalue weighted by molar-refractivity contribution is 7.13. The van der Waals surface area contributed by atoms with Crippen molar-refractivity contribution >= 4 is 91.9 Å². The van der Waals surface area contributed by atoms with E-state index in [1.807, 2.05) is 31.2 Å². The van der Waals surface area contributed by atoms with Gasteiger partial charge in [0.1, 0.15) is 41.7 Å². The van der Waals surface area contributed by atoms with E-state index in [0.717, 1.165) is 21.7 Å². The zero-order chi connectivity index (χ0) is 53.7. The number of rotatable bonds is 18. The van der Waals surface area contributed by atoms with Crippen LogP contribution in [0.15, 0.2) is 84.6 Å². The minimum Gasteiger partial charge on any atom is -0.495 e. The van der Waals surface area contributed by atoms with E-state index < -0.39 is 59.0 Å². The fraction of sp³-hybridized carbons (Fsp3) is 0.340. The van der Waals surface area contributed by atoms with E-state index in [0.29, 0.717) is 33.4 Å². The lowest BCUT2D eigenvalue weighted by molar-refractivity contribution is -0.144. The molecule has 3 atom stereocenters. The summed E-state index contributed by atoms with van der Waals surface area (Å²) in [5.41, 5.74) is 5.13. The summed E-state index contributed by atoms with van der Waals surface area (Å²) in [6.07, 6.45) is 2.32. The predicted molar refractivity (Wildman–Crippen MR) is 282 cm³/mol. The summed E-state index contributed by atoms with van der Waals surface area (Å²) in [6, 6.07) is 16.9. The second kappa shape index (κ2) is 22.5. The fourth-order valence-electron chi connectivity index (χ4n) is 8.94. The fourth-order valence-corrected chi connectivity index (χ4v) is 9.75. The van der Waals surface area contributed by atoms with Crippen LogP contribution in [-0.4, -0.2) is 127 Å². The smallest absolute Gasteiger partial charge is 0.256 e. The number of nitrogens with one attached hydrogen (secondary N) is 6. The molecule has 7 aromatic rings. The van der Waals surface area contributed by atoms with E-state index in [1.165, 1.54) is 47.7 Å². The number of carbonyl (C=O) groups excluding carboxylic acids is 6. The van der Waals surface area contributed by atoms with Crippen molar-refractivity contribution in [2.75, 3.05) is 44.9 Å². The van der Waals surface area contributed by atoms with Gasteiger partial charge in [0.15, 0.2) is 0 Å². The number of fused-ring (bicyclic) bond motifs is 2. The van der Waals surface area contributed by atoms with Crippen LogP contribution in [0.4, 0.5) is 27.5 Å². The molecule has 22 heteroatoms. The van der Waals surface area contributed by atoms with Gasteiger partial charge in [0.25, 0.3) is 11.8 Å². The highest BCUT2D eigenvalue weighted by atomic mass is 32.1. The van der Waals surface area contributed by atoms with Crippen LogP contribution in [0.2, 0.25) is 0 Å². The summed E-state index contributed by atoms with van der Waals surface area (Å²) in [4.78, 5) is 101. The number of hydrogen-bond donors (Lipinski definition) is 7. The highest BCUT2D eigenvalue weighted by Gasteiger charge is 2.44. The number of benzene rings is 3. The molecule has 0 radical (unpaired) electrons. The summed E-state index contributed by atoms with van der Waals surface area (Å²) < 4.78 is 21.9. The van der Waals surface area contributed by atoms with Crippen LogP contribution in [0.1, 0.15) is 72.9 Å². The SMILES string of the molecule is CNC(=O)c1c(F)cccc1Nc1nc(Nc2cc3c(ccn3C(=O)CN(C)C(=O)CCCC(=O)N[C@H](C(=O)N3C[C@H](O)C[C@H]3C(=O)NCc3ccc(-c4scnc4C)cc3)C(C)(C)C)cc2OC)nc2[nH]ccc12. The Balaban J connectivity index is 0.864. The van der Waals surface area contributed by atoms with E-state index >= 15 is 0 Å². The number of ether oxygens (including phenoxy) is 1. The second-order valence-corrected chi connectivity index (χ2v) is 20.2. The molecule has 4 aromatic heterocycles. The van der Waals surface area contributed by atoms with Crippen LogP contribution >= 0.6 is 11.3 Å². The van der Waals surface area contributed by atoms with Gasteiger partial charge in [-0.25, -0.2) is 9.37 Å². The number of nitrogens with zero attached hydrogens (tertiary/aromatic N) is 6. The number of anilines is 4. The van der Waals surface area contributed by atoms with Gasteiger partial charge >= 0.3 is 0 Å². The van der Waals surface area contributed by atoms with Crippen molar-refractivity contribution in [3.8, 4) is 16.2 Å². The predicted octanol–water partition coefficient (Wildman–Crippen LogP) is 6.42. The number of carbonyl (C=O) groups is 6. The number of thiazole rings is 1. The van der Waals surface area contributed by atoms with Crippen molar-refractivity contribution in [3.05, 3.63) is 107 Å². The van der Waals surface area contributed by atoms with Crippen LogP contribution in [0.25, 0.3) is 32.4 Å². The first-order valence-corrected chi connectivity index (χ1v) is 25.1. The molecule has 8 rings (SSSR count). The molecule has 3 aromatic carbocycles. The maximum atomic E-state index is 14.9. The lowest BCUT2D eigenvalue weighted by atomic mass is 9.85. The van der Waals surface area contributed by atoms with Gasteiger partial charge in [-0.15, -0.1) is 11.3 Å². The van der Waals surface area contributed by atoms with Crippen LogP contribution in [0.3, 0.4) is 0 Å². The van der Waals surface area contributed by atoms with Gasteiger partial charge in [-0.1, -0.05) is 51.1 Å². The Morgan fingerprint density at radius 1 is 1.00 bits per heavy atom. The van der Waals surface area contributed by atoms with Crippen LogP contribution < -0.4 is 31.3 Å². The van der Waals surface area contributed by atoms with Crippen molar-refractivity contribution in [2.45, 2.75) is 78.1 Å². The summed E-state index contributed by atoms with van der Waals surface area (Å²) in [5.74, 6) is -2.77. The molecule has 1 aliphatic heterocycles. The number of aromatic nitrogens is 5. The molecule has 75 heavy (non-hydrogen) atoms. The largest absolute Gasteiger partial charge is 0.495 e. The third-order valence-corrected chi connectivity index (χ3v) is 13.9. The van der Waals surface area contributed by atoms with Crippen molar-refractivity contribution in [1.29, 1.82) is 0 Å². The van der Waals surface area contributed by atoms with Gasteiger partial charge in [0, 0.05) is 64.2 Å². The summed E-state index contributed by atoms with van der Waals surface area (Å²) in [5, 5.41) is 26.3. The molecule has 5 heterocycles. The number of hydrogen-bond acceptors (Lipinski definition) is 14. The van der Waals surface area contributed by atoms with E-state index in [1.54, 1.807) is 80.3 Å². The third-order valence-electron chi connectivity index (χ3n) is 13.0. The first-order valence-electron chi connectivity index (χ1n) is 24.2. The number of amides is 5. The molecule has 1 saturated heterocycles. The molecule has 1 fully saturated rings. The molecule has 7 N–H and O–H groups in total. The number of aliphatic hydroxyl groups excluding tert-OH is 1. The number of halogens is 1. The summed E-state index contributed by atoms with van der Waals surface area (Å²) >= 11 is 1.55. The number of aryl methyl sites for hydroxylation is 1. The molecule has 0 spiro atoms. The topological polar surface area (TPSA) is 258 Å². The molecule has 0 aliphatic carbocycles. The number of likely N-dealkylation sites (tertiary alicyclic amines) is 1. The number of aliphatic hydroxyl groups is 1. The van der Waals surface area contributed by atoms with Crippen LogP contribution in [0.5, 0.6) is 5.75 Å². The summed E-state index contributed by atoms with van der Waals surface area (Å²) in [6.45, 7) is 7.18. The third kappa shape index (κ3) is 11.9. The van der Waals surface area contributed by atoms with E-state index in [-0.39, 0.29) is 74.2 Å². The summed E-state index contributed by atoms with van der Waals surface area (Å²) in [7, 11) is 4.39. The molecule has 0 unspecified atom stereocenters. The maximum Gasteiger partial charge on any atom is 0.256 e. The number of aromatic amines is 1. The molecular formula is C53H59FN12O8S. The molecule has 0 bridgehead atoms. The minimum atomic E-state index is -1.04. The van der Waals surface area contributed by atoms with Crippen LogP contribution in [-0.2, 0) is 25.7 Å². The van der Waals surface area contributed by atoms with Crippen molar-refractivity contribution in [1.82, 2.24) is 50.3 Å². The van der Waals surface area contributed by atoms with Gasteiger partial charge in [0.2, 0.25) is 29.6 Å². The molecule has 20 nitrogen and oxygen atoms in total. The van der Waals surface area contributed by atoms with Crippen molar-refractivity contribution in [2.24, 2.45) is 5.41 Å². The number of β-amino-alcohol motifs (C(OH)–C–C–N with tert-alkyl or cyclic N) is 1. The standard InChI is InChI=1S/C53H59FN12O8S/c1-29-45(75-28-58-29)31-16-14-30(15-17-31)25-57-49(71)39-23-33(67)26-66(39)51(73)46(53(2,3)4)61-41(68)12-9-13-42(69)64(6)27-43(70)65-21-19-32-22-40(74-7)37(24-38(32)65)60-52-62-47-34(18-20-56-47)48(63-52)59-36-11-8-10-35(54)44(36)50(72)55-5/h8,10-11,14-22,24,28,33,39,46,67H,9,12-13,23,25-27H2,1-7H3,(H,55,72)(H,57,71)(H,61,68)(H3,56,59,60,62,63)/t33-,39+,46-/m1/s1. The Bertz CT molecular complexity index is 3290. The lowest BCUT2D eigenvalue weighted by Gasteiger charge is -2.35. The van der Waals surface area contributed by atoms with Gasteiger partial charge in [-0.3, -0.25) is 33.3 Å². The van der Waals surface area contributed by atoms with Crippen molar-refractivity contribution < 1.29 is 43.0 Å². The minimum absolute atomic E-state index is 0.0455. The van der Waals surface area contributed by atoms with Crippen molar-refractivity contribution in [3.63, 3.8) is 0 Å². The Morgan fingerprint density at radius 2 is 1.77 bits per heavy atom. The molecule has 0 saturated carbocycles. The average molecular weight is 1040 g/mol. The monoisotopic (exact) mass is 1040 g/mol. The number of methoxy groups -OCH3 is 1. The Morgan fingerprint density at radius 3 is 2.48 bits per heavy atom. The zero-order valence-electron chi connectivity index (χ0n) is 42.5. The van der Waals surface area contributed by atoms with E-state index in [9.17, 15) is 38.3 Å². The van der Waals surface area contributed by atoms with E-state index in [2.05, 4.69) is 46.5 Å². The first kappa shape index (κ1) is 53.1. The quantitative estimate of drug-likeness (QED) is 0.0491. The average Bonchev–Trinajstić information content (AvgIpc) is 4.21. The van der Waals surface area contributed by atoms with Crippen LogP contribution in [0, 0.1) is 18.2 Å². The highest BCUT2D eigenvalue weighted by Crippen LogP contribution is 2.35.